The van der Waals surface area contributed by atoms with E-state index in [0.29, 0.717) is 18.1 Å². The Morgan fingerprint density at radius 2 is 2.05 bits per heavy atom. The van der Waals surface area contributed by atoms with E-state index in [-0.39, 0.29) is 29.8 Å². The molecule has 21 heavy (non-hydrogen) atoms. The van der Waals surface area contributed by atoms with Gasteiger partial charge in [-0.25, -0.2) is 0 Å². The maximum atomic E-state index is 12.4. The Balaban J connectivity index is 1.63. The minimum atomic E-state index is -0.244. The molecular weight excluding hydrogens is 268 g/mol. The maximum Gasteiger partial charge on any atom is 0.309 e. The molecule has 4 heteroatoms. The first-order valence-corrected chi connectivity index (χ1v) is 7.99. The lowest BCUT2D eigenvalue weighted by Crippen LogP contribution is -2.48. The van der Waals surface area contributed by atoms with Gasteiger partial charge in [0.05, 0.1) is 18.4 Å². The van der Waals surface area contributed by atoms with Gasteiger partial charge in [-0.05, 0) is 50.0 Å². The first-order valence-electron chi connectivity index (χ1n) is 7.99. The molecule has 3 fully saturated rings. The van der Waals surface area contributed by atoms with Crippen LogP contribution in [-0.4, -0.2) is 11.8 Å². The van der Waals surface area contributed by atoms with Crippen molar-refractivity contribution in [2.24, 2.45) is 23.7 Å². The van der Waals surface area contributed by atoms with Gasteiger partial charge in [0.2, 0.25) is 0 Å². The molecule has 2 heterocycles. The number of carbonyl (C=O) groups is 2. The van der Waals surface area contributed by atoms with Gasteiger partial charge in [-0.3, -0.25) is 9.59 Å². The van der Waals surface area contributed by atoms with Crippen molar-refractivity contribution in [1.82, 2.24) is 0 Å². The van der Waals surface area contributed by atoms with E-state index in [1.54, 1.807) is 12.5 Å². The number of Topliss-reactive ketones (excluding diaryl/α,β-unsaturated/α-hetero) is 1. The molecule has 5 unspecified atom stereocenters. The summed E-state index contributed by atoms with van der Waals surface area (Å²) in [5, 5.41) is 0. The summed E-state index contributed by atoms with van der Waals surface area (Å²) in [7, 11) is 0. The molecule has 112 valence electrons. The van der Waals surface area contributed by atoms with Crippen molar-refractivity contribution < 1.29 is 18.7 Å². The largest absolute Gasteiger partial charge is 0.472 e. The SMILES string of the molecule is O=C1OC(c2ccoc2)CC2C1CCC1CCCC(=O)C12. The smallest absolute Gasteiger partial charge is 0.309 e. The number of furan rings is 1. The lowest BCUT2D eigenvalue weighted by Gasteiger charge is -2.47. The van der Waals surface area contributed by atoms with Crippen LogP contribution >= 0.6 is 0 Å². The Labute approximate surface area is 123 Å². The fourth-order valence-electron chi connectivity index (χ4n) is 4.71. The highest BCUT2D eigenvalue weighted by Crippen LogP contribution is 2.51. The second-order valence-corrected chi connectivity index (χ2v) is 6.71. The lowest BCUT2D eigenvalue weighted by atomic mass is 9.59. The van der Waals surface area contributed by atoms with E-state index in [0.717, 1.165) is 37.7 Å². The maximum absolute atomic E-state index is 12.4. The number of carbonyl (C=O) groups excluding carboxylic acids is 2. The van der Waals surface area contributed by atoms with Crippen molar-refractivity contribution in [3.63, 3.8) is 0 Å². The standard InChI is InChI=1S/C17H20O4/c18-14-3-1-2-10-4-5-12-13(16(10)14)8-15(21-17(12)19)11-6-7-20-9-11/h6-7,9-10,12-13,15-16H,1-5,8H2. The summed E-state index contributed by atoms with van der Waals surface area (Å²) >= 11 is 0. The number of hydrogen-bond donors (Lipinski definition) is 0. The number of ketones is 1. The van der Waals surface area contributed by atoms with Gasteiger partial charge >= 0.3 is 5.97 Å². The number of hydrogen-bond acceptors (Lipinski definition) is 4. The molecule has 3 aliphatic rings. The third-order valence-electron chi connectivity index (χ3n) is 5.67. The van der Waals surface area contributed by atoms with Crippen LogP contribution in [0.2, 0.25) is 0 Å². The van der Waals surface area contributed by atoms with Crippen LogP contribution in [0.5, 0.6) is 0 Å². The highest BCUT2D eigenvalue weighted by molar-refractivity contribution is 5.84. The van der Waals surface area contributed by atoms with Crippen molar-refractivity contribution in [3.05, 3.63) is 24.2 Å². The van der Waals surface area contributed by atoms with E-state index >= 15 is 0 Å². The Morgan fingerprint density at radius 1 is 1.14 bits per heavy atom. The van der Waals surface area contributed by atoms with Crippen LogP contribution < -0.4 is 0 Å². The van der Waals surface area contributed by atoms with Crippen LogP contribution in [0, 0.1) is 23.7 Å². The van der Waals surface area contributed by atoms with Gasteiger partial charge in [-0.15, -0.1) is 0 Å². The van der Waals surface area contributed by atoms with E-state index in [4.69, 9.17) is 9.15 Å². The zero-order chi connectivity index (χ0) is 14.4. The van der Waals surface area contributed by atoms with Crippen molar-refractivity contribution >= 4 is 11.8 Å². The Bertz CT molecular complexity index is 547. The van der Waals surface area contributed by atoms with Crippen LogP contribution in [-0.2, 0) is 14.3 Å². The van der Waals surface area contributed by atoms with Crippen LogP contribution in [0.25, 0.3) is 0 Å². The van der Waals surface area contributed by atoms with Crippen LogP contribution in [0.3, 0.4) is 0 Å². The molecule has 5 atom stereocenters. The summed E-state index contributed by atoms with van der Waals surface area (Å²) in [4.78, 5) is 24.8. The second kappa shape index (κ2) is 5.00. The summed E-state index contributed by atoms with van der Waals surface area (Å²) in [5.41, 5.74) is 0.909. The lowest BCUT2D eigenvalue weighted by molar-refractivity contribution is -0.174. The van der Waals surface area contributed by atoms with Crippen LogP contribution in [0.4, 0.5) is 0 Å². The average Bonchev–Trinajstić information content (AvgIpc) is 3.01. The molecule has 0 amide bonds. The Kier molecular flexibility index (Phi) is 3.12. The van der Waals surface area contributed by atoms with Crippen LogP contribution in [0.1, 0.15) is 50.2 Å². The van der Waals surface area contributed by atoms with E-state index in [1.165, 1.54) is 0 Å². The highest BCUT2D eigenvalue weighted by Gasteiger charge is 2.51. The molecule has 1 aromatic heterocycles. The summed E-state index contributed by atoms with van der Waals surface area (Å²) < 4.78 is 10.7. The normalized spacial score (nSPS) is 39.3. The number of fused-ring (bicyclic) bond motifs is 3. The molecule has 0 aromatic carbocycles. The molecule has 0 radical (unpaired) electrons. The monoisotopic (exact) mass is 288 g/mol. The van der Waals surface area contributed by atoms with E-state index in [1.807, 2.05) is 6.07 Å². The first kappa shape index (κ1) is 13.1. The molecule has 4 rings (SSSR count). The van der Waals surface area contributed by atoms with Gasteiger partial charge in [0.25, 0.3) is 0 Å². The van der Waals surface area contributed by atoms with Crippen LogP contribution in [0.15, 0.2) is 23.0 Å². The predicted molar refractivity (Wildman–Crippen MR) is 74.2 cm³/mol. The van der Waals surface area contributed by atoms with Crippen molar-refractivity contribution in [3.8, 4) is 0 Å². The quantitative estimate of drug-likeness (QED) is 0.744. The van der Waals surface area contributed by atoms with Gasteiger partial charge < -0.3 is 9.15 Å². The van der Waals surface area contributed by atoms with Crippen molar-refractivity contribution in [2.75, 3.05) is 0 Å². The molecule has 2 saturated carbocycles. The average molecular weight is 288 g/mol. The van der Waals surface area contributed by atoms with Gasteiger partial charge in [-0.1, -0.05) is 0 Å². The number of rotatable bonds is 1. The molecule has 1 aromatic rings. The Hall–Kier alpha value is -1.58. The van der Waals surface area contributed by atoms with Crippen molar-refractivity contribution in [1.29, 1.82) is 0 Å². The van der Waals surface area contributed by atoms with E-state index in [2.05, 4.69) is 0 Å². The topological polar surface area (TPSA) is 56.5 Å². The molecular formula is C17H20O4. The predicted octanol–water partition coefficient (Wildman–Crippen LogP) is 3.28. The van der Waals surface area contributed by atoms with E-state index in [9.17, 15) is 9.59 Å². The third kappa shape index (κ3) is 2.12. The Morgan fingerprint density at radius 3 is 2.86 bits per heavy atom. The fourth-order valence-corrected chi connectivity index (χ4v) is 4.71. The van der Waals surface area contributed by atoms with Gasteiger partial charge in [0.15, 0.2) is 0 Å². The zero-order valence-electron chi connectivity index (χ0n) is 12.0. The van der Waals surface area contributed by atoms with Crippen molar-refractivity contribution in [2.45, 2.75) is 44.6 Å². The third-order valence-corrected chi connectivity index (χ3v) is 5.67. The van der Waals surface area contributed by atoms with E-state index < -0.39 is 0 Å². The van der Waals surface area contributed by atoms with Gasteiger partial charge in [-0.2, -0.15) is 0 Å². The molecule has 0 spiro atoms. The van der Waals surface area contributed by atoms with Gasteiger partial charge in [0, 0.05) is 17.9 Å². The number of cyclic esters (lactones) is 1. The molecule has 4 nitrogen and oxygen atoms in total. The highest BCUT2D eigenvalue weighted by atomic mass is 16.5. The summed E-state index contributed by atoms with van der Waals surface area (Å²) in [6.07, 6.45) is 8.51. The summed E-state index contributed by atoms with van der Waals surface area (Å²) in [5.74, 6) is 0.924. The summed E-state index contributed by atoms with van der Waals surface area (Å²) in [6.45, 7) is 0. The van der Waals surface area contributed by atoms with Gasteiger partial charge in [0.1, 0.15) is 11.9 Å². The fraction of sp³-hybridized carbons (Fsp3) is 0.647. The summed E-state index contributed by atoms with van der Waals surface area (Å²) in [6, 6.07) is 1.85. The molecule has 1 aliphatic heterocycles. The molecule has 0 bridgehead atoms. The minimum absolute atomic E-state index is 0.0727. The number of ether oxygens (including phenoxy) is 1. The number of esters is 1. The second-order valence-electron chi connectivity index (χ2n) is 6.71. The first-order chi connectivity index (χ1) is 10.2. The molecule has 0 N–H and O–H groups in total. The zero-order valence-corrected chi connectivity index (χ0v) is 12.0. The molecule has 2 aliphatic carbocycles. The minimum Gasteiger partial charge on any atom is -0.472 e. The molecule has 1 saturated heterocycles.